The van der Waals surface area contributed by atoms with Crippen molar-refractivity contribution in [2.24, 2.45) is 10.8 Å². The minimum Gasteiger partial charge on any atom is -0.353 e. The van der Waals surface area contributed by atoms with Gasteiger partial charge in [-0.25, -0.2) is 15.6 Å². The van der Waals surface area contributed by atoms with E-state index in [1.807, 2.05) is 35.2 Å². The van der Waals surface area contributed by atoms with E-state index in [1.165, 1.54) is 37.1 Å². The number of guanidine groups is 1. The van der Waals surface area contributed by atoms with Crippen LogP contribution in [0.4, 0.5) is 4.79 Å². The highest BCUT2D eigenvalue weighted by Gasteiger charge is 2.44. The number of hydrazine groups is 1. The Bertz CT molecular complexity index is 810. The molecule has 29 heavy (non-hydrogen) atoms. The Balaban J connectivity index is 1.44. The van der Waals surface area contributed by atoms with Crippen molar-refractivity contribution in [3.63, 3.8) is 0 Å². The third-order valence-electron chi connectivity index (χ3n) is 6.37. The zero-order valence-corrected chi connectivity index (χ0v) is 17.4. The Morgan fingerprint density at radius 1 is 1.28 bits per heavy atom. The van der Waals surface area contributed by atoms with Gasteiger partial charge in [0.2, 0.25) is 0 Å². The second-order valence-corrected chi connectivity index (χ2v) is 8.76. The average Bonchev–Trinajstić information content (AvgIpc) is 2.99. The van der Waals surface area contributed by atoms with Crippen LogP contribution in [0.1, 0.15) is 51.5 Å². The summed E-state index contributed by atoms with van der Waals surface area (Å²) in [5.74, 6) is 6.99. The van der Waals surface area contributed by atoms with E-state index in [2.05, 4.69) is 24.5 Å². The van der Waals surface area contributed by atoms with E-state index in [0.717, 1.165) is 22.8 Å². The van der Waals surface area contributed by atoms with E-state index in [1.54, 1.807) is 0 Å². The van der Waals surface area contributed by atoms with Crippen LogP contribution in [0.3, 0.4) is 0 Å². The molecule has 156 valence electrons. The third-order valence-corrected chi connectivity index (χ3v) is 6.37. The fourth-order valence-electron chi connectivity index (χ4n) is 4.56. The van der Waals surface area contributed by atoms with E-state index in [4.69, 9.17) is 10.8 Å². The van der Waals surface area contributed by atoms with Gasteiger partial charge in [0.15, 0.2) is 5.96 Å². The van der Waals surface area contributed by atoms with Crippen LogP contribution in [0.15, 0.2) is 46.6 Å². The van der Waals surface area contributed by atoms with Gasteiger partial charge in [0.25, 0.3) is 0 Å². The molecule has 0 aromatic heterocycles. The first-order valence-electron chi connectivity index (χ1n) is 10.6. The molecule has 0 radical (unpaired) electrons. The summed E-state index contributed by atoms with van der Waals surface area (Å²) in [7, 11) is 0. The van der Waals surface area contributed by atoms with Crippen molar-refractivity contribution in [2.45, 2.75) is 64.1 Å². The highest BCUT2D eigenvalue weighted by Crippen LogP contribution is 2.36. The fourth-order valence-corrected chi connectivity index (χ4v) is 4.56. The van der Waals surface area contributed by atoms with Crippen LogP contribution in [0.25, 0.3) is 0 Å². The summed E-state index contributed by atoms with van der Waals surface area (Å²) in [5, 5.41) is 8.28. The maximum Gasteiger partial charge on any atom is 0.335 e. The molecule has 1 fully saturated rings. The fraction of sp³-hybridized carbons (Fsp3) is 0.545. The lowest BCUT2D eigenvalue weighted by atomic mass is 9.94. The monoisotopic (exact) mass is 396 g/mol. The van der Waals surface area contributed by atoms with Gasteiger partial charge in [-0.1, -0.05) is 49.6 Å². The number of benzene rings is 1. The zero-order chi connectivity index (χ0) is 20.4. The number of nitrogens with two attached hydrogens (primary N) is 1. The molecule has 0 unspecified atom stereocenters. The van der Waals surface area contributed by atoms with Gasteiger partial charge in [-0.05, 0) is 37.8 Å². The van der Waals surface area contributed by atoms with Gasteiger partial charge in [-0.15, -0.1) is 0 Å². The molecular weight excluding hydrogens is 364 g/mol. The predicted octanol–water partition coefficient (Wildman–Crippen LogP) is 2.71. The Hall–Kier alpha value is -2.54. The predicted molar refractivity (Wildman–Crippen MR) is 115 cm³/mol. The van der Waals surface area contributed by atoms with Gasteiger partial charge in [0.05, 0.1) is 24.3 Å². The summed E-state index contributed by atoms with van der Waals surface area (Å²) >= 11 is 0. The number of nitrogens with zero attached hydrogens (tertiary/aromatic N) is 3. The number of rotatable bonds is 3. The summed E-state index contributed by atoms with van der Waals surface area (Å²) in [5.41, 5.74) is 2.73. The molecule has 2 heterocycles. The van der Waals surface area contributed by atoms with Crippen molar-refractivity contribution in [2.75, 3.05) is 13.1 Å². The minimum atomic E-state index is -0.423. The van der Waals surface area contributed by atoms with Crippen molar-refractivity contribution < 1.29 is 4.79 Å². The number of aliphatic imine (C=N–C) groups is 1. The largest absolute Gasteiger partial charge is 0.353 e. The summed E-state index contributed by atoms with van der Waals surface area (Å²) in [6, 6.07) is 10.1. The number of carbonyl (C=O) groups excluding carboxylic acids is 1. The van der Waals surface area contributed by atoms with E-state index in [0.29, 0.717) is 25.7 Å². The molecule has 4 N–H and O–H groups in total. The van der Waals surface area contributed by atoms with E-state index >= 15 is 0 Å². The lowest BCUT2D eigenvalue weighted by Gasteiger charge is -2.36. The molecule has 1 aromatic rings. The van der Waals surface area contributed by atoms with E-state index in [9.17, 15) is 4.79 Å². The first-order chi connectivity index (χ1) is 13.9. The summed E-state index contributed by atoms with van der Waals surface area (Å²) < 4.78 is 0. The molecule has 0 atom stereocenters. The van der Waals surface area contributed by atoms with Gasteiger partial charge in [0, 0.05) is 12.6 Å². The maximum absolute atomic E-state index is 13.1. The highest BCUT2D eigenvalue weighted by molar-refractivity contribution is 5.84. The minimum absolute atomic E-state index is 0.176. The number of hydrogen-bond acceptors (Lipinski definition) is 5. The Morgan fingerprint density at radius 2 is 2.00 bits per heavy atom. The lowest BCUT2D eigenvalue weighted by Crippen LogP contribution is -2.54. The van der Waals surface area contributed by atoms with Crippen LogP contribution < -0.4 is 16.5 Å². The van der Waals surface area contributed by atoms with Gasteiger partial charge in [0.1, 0.15) is 0 Å². The molecular formula is C22H32N6O. The Kier molecular flexibility index (Phi) is 5.50. The van der Waals surface area contributed by atoms with Crippen LogP contribution in [0, 0.1) is 0 Å². The molecule has 0 bridgehead atoms. The van der Waals surface area contributed by atoms with Crippen LogP contribution >= 0.6 is 0 Å². The van der Waals surface area contributed by atoms with Crippen molar-refractivity contribution in [1.82, 2.24) is 20.5 Å². The zero-order valence-electron chi connectivity index (χ0n) is 17.4. The quantitative estimate of drug-likeness (QED) is 0.417. The Morgan fingerprint density at radius 3 is 2.72 bits per heavy atom. The van der Waals surface area contributed by atoms with Crippen molar-refractivity contribution in [1.29, 1.82) is 0 Å². The van der Waals surface area contributed by atoms with Crippen molar-refractivity contribution in [3.05, 3.63) is 47.2 Å². The van der Waals surface area contributed by atoms with Crippen molar-refractivity contribution in [3.8, 4) is 0 Å². The van der Waals surface area contributed by atoms with Gasteiger partial charge >= 0.3 is 6.03 Å². The van der Waals surface area contributed by atoms with E-state index < -0.39 is 5.54 Å². The summed E-state index contributed by atoms with van der Waals surface area (Å²) in [6.45, 7) is 5.71. The number of urea groups is 1. The second-order valence-electron chi connectivity index (χ2n) is 8.76. The highest BCUT2D eigenvalue weighted by atomic mass is 16.2. The molecule has 1 saturated carbocycles. The first kappa shape index (κ1) is 19.8. The van der Waals surface area contributed by atoms with Gasteiger partial charge in [-0.3, -0.25) is 5.01 Å². The molecule has 0 spiro atoms. The molecule has 2 aliphatic heterocycles. The molecule has 7 heteroatoms. The normalized spacial score (nSPS) is 21.3. The maximum atomic E-state index is 13.1. The standard InChI is InChI=1S/C22H32N6O/c1-22(2)18-13-24-20(25-17-11-7-4-8-12-17)26-19(18)15-27(22)21(29)28(23)14-16-9-5-3-6-10-16/h3,5-6,9-10,17H,4,7-8,11-15,23H2,1-2H3,(H2,24,25,26). The molecule has 7 nitrogen and oxygen atoms in total. The third kappa shape index (κ3) is 4.10. The van der Waals surface area contributed by atoms with Crippen LogP contribution in [-0.4, -0.2) is 46.6 Å². The van der Waals surface area contributed by atoms with Crippen LogP contribution in [-0.2, 0) is 6.54 Å². The molecule has 1 aromatic carbocycles. The topological polar surface area (TPSA) is 86.0 Å². The number of amides is 2. The molecule has 3 aliphatic rings. The summed E-state index contributed by atoms with van der Waals surface area (Å²) in [6.07, 6.45) is 6.29. The van der Waals surface area contributed by atoms with Gasteiger partial charge in [-0.2, -0.15) is 0 Å². The molecule has 0 saturated heterocycles. The Labute approximate surface area is 173 Å². The number of nitrogens with one attached hydrogen (secondary N) is 2. The van der Waals surface area contributed by atoms with Crippen LogP contribution in [0.5, 0.6) is 0 Å². The summed E-state index contributed by atoms with van der Waals surface area (Å²) in [4.78, 5) is 19.8. The van der Waals surface area contributed by atoms with Crippen LogP contribution in [0.2, 0.25) is 0 Å². The molecule has 2 amide bonds. The SMILES string of the molecule is CC1(C)C2=C(CN1C(=O)N(N)Cc1ccccc1)N=C(NC1CCCCC1)NC2. The lowest BCUT2D eigenvalue weighted by molar-refractivity contribution is 0.128. The number of carbonyl (C=O) groups is 1. The molecule has 1 aliphatic carbocycles. The second kappa shape index (κ2) is 8.06. The first-order valence-corrected chi connectivity index (χ1v) is 10.6. The van der Waals surface area contributed by atoms with E-state index in [-0.39, 0.29) is 6.03 Å². The number of hydrogen-bond donors (Lipinski definition) is 3. The smallest absolute Gasteiger partial charge is 0.335 e. The van der Waals surface area contributed by atoms with Gasteiger partial charge < -0.3 is 15.5 Å². The van der Waals surface area contributed by atoms with Crippen molar-refractivity contribution >= 4 is 12.0 Å². The molecule has 4 rings (SSSR count). The average molecular weight is 397 g/mol.